The second-order valence-corrected chi connectivity index (χ2v) is 6.73. The second kappa shape index (κ2) is 10.0. The van der Waals surface area contributed by atoms with Gasteiger partial charge in [-0.25, -0.2) is 0 Å². The Labute approximate surface area is 155 Å². The summed E-state index contributed by atoms with van der Waals surface area (Å²) in [5, 5.41) is 2.78. The van der Waals surface area contributed by atoms with Crippen LogP contribution in [-0.4, -0.2) is 32.2 Å². The van der Waals surface area contributed by atoms with Crippen LogP contribution < -0.4 is 14.8 Å². The predicted molar refractivity (Wildman–Crippen MR) is 98.1 cm³/mol. The molecule has 6 heteroatoms. The van der Waals surface area contributed by atoms with E-state index >= 15 is 0 Å². The molecule has 1 N–H and O–H groups in total. The molecule has 144 valence electrons. The molecular weight excluding hydrogens is 334 g/mol. The highest BCUT2D eigenvalue weighted by molar-refractivity contribution is 5.83. The van der Waals surface area contributed by atoms with Gasteiger partial charge in [0.2, 0.25) is 0 Å². The Balaban J connectivity index is 1.75. The lowest BCUT2D eigenvalue weighted by molar-refractivity contribution is -0.155. The van der Waals surface area contributed by atoms with Gasteiger partial charge in [-0.15, -0.1) is 0 Å². The molecule has 0 aromatic heterocycles. The molecule has 2 rings (SSSR count). The van der Waals surface area contributed by atoms with Gasteiger partial charge in [0.25, 0.3) is 5.91 Å². The monoisotopic (exact) mass is 363 g/mol. The van der Waals surface area contributed by atoms with Crippen molar-refractivity contribution >= 4 is 11.9 Å². The molecule has 1 fully saturated rings. The van der Waals surface area contributed by atoms with Crippen molar-refractivity contribution in [3.63, 3.8) is 0 Å². The van der Waals surface area contributed by atoms with Crippen LogP contribution in [0, 0.1) is 5.92 Å². The van der Waals surface area contributed by atoms with E-state index in [0.29, 0.717) is 30.4 Å². The van der Waals surface area contributed by atoms with Crippen molar-refractivity contribution in [2.45, 2.75) is 58.1 Å². The van der Waals surface area contributed by atoms with Crippen LogP contribution in [0.15, 0.2) is 18.2 Å². The van der Waals surface area contributed by atoms with Crippen molar-refractivity contribution in [3.05, 3.63) is 23.8 Å². The van der Waals surface area contributed by atoms with E-state index in [0.717, 1.165) is 12.0 Å². The Morgan fingerprint density at radius 2 is 1.85 bits per heavy atom. The molecule has 0 spiro atoms. The summed E-state index contributed by atoms with van der Waals surface area (Å²) >= 11 is 0. The Morgan fingerprint density at radius 3 is 2.50 bits per heavy atom. The lowest BCUT2D eigenvalue weighted by atomic mass is 10.0. The Hall–Kier alpha value is -2.24. The molecule has 1 amide bonds. The first-order valence-electron chi connectivity index (χ1n) is 9.21. The summed E-state index contributed by atoms with van der Waals surface area (Å²) < 4.78 is 15.7. The van der Waals surface area contributed by atoms with Crippen LogP contribution >= 0.6 is 0 Å². The van der Waals surface area contributed by atoms with Crippen molar-refractivity contribution in [2.24, 2.45) is 5.92 Å². The molecule has 0 saturated heterocycles. The summed E-state index contributed by atoms with van der Waals surface area (Å²) in [5.74, 6) is 1.26. The summed E-state index contributed by atoms with van der Waals surface area (Å²) in [5.41, 5.74) is 0.871. The van der Waals surface area contributed by atoms with E-state index in [2.05, 4.69) is 5.32 Å². The molecule has 6 nitrogen and oxygen atoms in total. The summed E-state index contributed by atoms with van der Waals surface area (Å²) in [6, 6.07) is 5.43. The Morgan fingerprint density at radius 1 is 1.15 bits per heavy atom. The summed E-state index contributed by atoms with van der Waals surface area (Å²) in [6.45, 7) is 1.92. The van der Waals surface area contributed by atoms with Crippen LogP contribution in [0.1, 0.15) is 51.0 Å². The first kappa shape index (κ1) is 20.1. The molecule has 0 aliphatic heterocycles. The highest BCUT2D eigenvalue weighted by Gasteiger charge is 2.20. The zero-order chi connectivity index (χ0) is 18.9. The van der Waals surface area contributed by atoms with Crippen molar-refractivity contribution in [2.75, 3.05) is 14.2 Å². The first-order valence-corrected chi connectivity index (χ1v) is 9.21. The number of hydrogen-bond donors (Lipinski definition) is 1. The normalized spacial score (nSPS) is 15.3. The topological polar surface area (TPSA) is 73.9 Å². The molecule has 1 aliphatic carbocycles. The SMILES string of the molecule is COc1ccc(CNC(=O)C(C)OC(=O)CCC2CCCC2)cc1OC. The van der Waals surface area contributed by atoms with Gasteiger partial charge >= 0.3 is 5.97 Å². The molecule has 1 aromatic rings. The number of esters is 1. The quantitative estimate of drug-likeness (QED) is 0.682. The molecule has 1 aliphatic rings. The summed E-state index contributed by atoms with van der Waals surface area (Å²) in [7, 11) is 3.13. The maximum absolute atomic E-state index is 12.1. The van der Waals surface area contributed by atoms with Crippen LogP contribution in [-0.2, 0) is 20.9 Å². The minimum atomic E-state index is -0.800. The van der Waals surface area contributed by atoms with Crippen LogP contribution in [0.4, 0.5) is 0 Å². The van der Waals surface area contributed by atoms with Crippen LogP contribution in [0.3, 0.4) is 0 Å². The van der Waals surface area contributed by atoms with E-state index in [1.807, 2.05) is 6.07 Å². The maximum atomic E-state index is 12.1. The number of ether oxygens (including phenoxy) is 3. The third kappa shape index (κ3) is 5.93. The highest BCUT2D eigenvalue weighted by atomic mass is 16.5. The van der Waals surface area contributed by atoms with E-state index in [1.54, 1.807) is 33.3 Å². The molecule has 1 aromatic carbocycles. The van der Waals surface area contributed by atoms with Crippen LogP contribution in [0.5, 0.6) is 11.5 Å². The van der Waals surface area contributed by atoms with Crippen LogP contribution in [0.2, 0.25) is 0 Å². The molecule has 26 heavy (non-hydrogen) atoms. The minimum absolute atomic E-state index is 0.300. The van der Waals surface area contributed by atoms with Crippen molar-refractivity contribution in [1.29, 1.82) is 0 Å². The zero-order valence-electron chi connectivity index (χ0n) is 15.9. The van der Waals surface area contributed by atoms with E-state index in [4.69, 9.17) is 14.2 Å². The number of amides is 1. The van der Waals surface area contributed by atoms with E-state index < -0.39 is 6.10 Å². The van der Waals surface area contributed by atoms with E-state index in [9.17, 15) is 9.59 Å². The number of rotatable bonds is 9. The molecule has 0 bridgehead atoms. The molecule has 1 unspecified atom stereocenters. The number of carbonyl (C=O) groups excluding carboxylic acids is 2. The van der Waals surface area contributed by atoms with Crippen molar-refractivity contribution in [3.8, 4) is 11.5 Å². The fourth-order valence-corrected chi connectivity index (χ4v) is 3.25. The van der Waals surface area contributed by atoms with Gasteiger partial charge in [0.15, 0.2) is 17.6 Å². The summed E-state index contributed by atoms with van der Waals surface area (Å²) in [4.78, 5) is 24.1. The minimum Gasteiger partial charge on any atom is -0.493 e. The number of benzene rings is 1. The standard InChI is InChI=1S/C20H29NO5/c1-14(26-19(22)11-9-15-6-4-5-7-15)20(23)21-13-16-8-10-17(24-2)18(12-16)25-3/h8,10,12,14-15H,4-7,9,11,13H2,1-3H3,(H,21,23). The van der Waals surface area contributed by atoms with E-state index in [-0.39, 0.29) is 11.9 Å². The third-order valence-corrected chi connectivity index (χ3v) is 4.82. The smallest absolute Gasteiger partial charge is 0.306 e. The highest BCUT2D eigenvalue weighted by Crippen LogP contribution is 2.29. The van der Waals surface area contributed by atoms with Gasteiger partial charge in [-0.1, -0.05) is 31.7 Å². The molecule has 0 heterocycles. The number of carbonyl (C=O) groups is 2. The lowest BCUT2D eigenvalue weighted by Crippen LogP contribution is -2.35. The molecular formula is C20H29NO5. The van der Waals surface area contributed by atoms with Gasteiger partial charge in [-0.05, 0) is 37.0 Å². The van der Waals surface area contributed by atoms with Gasteiger partial charge in [-0.3, -0.25) is 9.59 Å². The Kier molecular flexibility index (Phi) is 7.75. The lowest BCUT2D eigenvalue weighted by Gasteiger charge is -2.15. The van der Waals surface area contributed by atoms with E-state index in [1.165, 1.54) is 25.7 Å². The maximum Gasteiger partial charge on any atom is 0.306 e. The van der Waals surface area contributed by atoms with Crippen LogP contribution in [0.25, 0.3) is 0 Å². The number of nitrogens with one attached hydrogen (secondary N) is 1. The average Bonchev–Trinajstić information content (AvgIpc) is 3.17. The first-order chi connectivity index (χ1) is 12.5. The zero-order valence-corrected chi connectivity index (χ0v) is 15.9. The number of hydrogen-bond acceptors (Lipinski definition) is 5. The van der Waals surface area contributed by atoms with Crippen molar-refractivity contribution in [1.82, 2.24) is 5.32 Å². The third-order valence-electron chi connectivity index (χ3n) is 4.82. The van der Waals surface area contributed by atoms with Gasteiger partial charge in [0, 0.05) is 13.0 Å². The van der Waals surface area contributed by atoms with Gasteiger partial charge in [0.1, 0.15) is 0 Å². The Bertz CT molecular complexity index is 610. The van der Waals surface area contributed by atoms with Crippen molar-refractivity contribution < 1.29 is 23.8 Å². The molecule has 0 radical (unpaired) electrons. The van der Waals surface area contributed by atoms with Gasteiger partial charge in [-0.2, -0.15) is 0 Å². The average molecular weight is 363 g/mol. The van der Waals surface area contributed by atoms with Gasteiger partial charge < -0.3 is 19.5 Å². The summed E-state index contributed by atoms with van der Waals surface area (Å²) in [6.07, 6.45) is 5.37. The van der Waals surface area contributed by atoms with Gasteiger partial charge in [0.05, 0.1) is 14.2 Å². The molecule has 1 saturated carbocycles. The fourth-order valence-electron chi connectivity index (χ4n) is 3.25. The second-order valence-electron chi connectivity index (χ2n) is 6.73. The number of methoxy groups -OCH3 is 2. The largest absolute Gasteiger partial charge is 0.493 e. The fraction of sp³-hybridized carbons (Fsp3) is 0.600. The predicted octanol–water partition coefficient (Wildman–Crippen LogP) is 3.22. The molecule has 1 atom stereocenters.